The average Bonchev–Trinajstić information content (AvgIpc) is 3.33. The SMILES string of the molecule is CN1CC2CCC1(C(NC(=O)C1CCCCC1N1CCCC1)C1CCCCC1)CC2. The Morgan fingerprint density at radius 3 is 2.23 bits per heavy atom. The van der Waals surface area contributed by atoms with Crippen LogP contribution in [-0.4, -0.2) is 60.0 Å². The lowest BCUT2D eigenvalue weighted by molar-refractivity contribution is -0.133. The highest BCUT2D eigenvalue weighted by Gasteiger charge is 2.52. The van der Waals surface area contributed by atoms with Crippen molar-refractivity contribution in [2.75, 3.05) is 26.7 Å². The lowest BCUT2D eigenvalue weighted by Gasteiger charge is -2.59. The van der Waals surface area contributed by atoms with E-state index >= 15 is 0 Å². The number of rotatable bonds is 5. The first-order valence-corrected chi connectivity index (χ1v) is 13.4. The summed E-state index contributed by atoms with van der Waals surface area (Å²) in [5.41, 5.74) is 0.226. The third-order valence-electron chi connectivity index (χ3n) is 9.94. The third-order valence-corrected chi connectivity index (χ3v) is 9.94. The zero-order valence-corrected chi connectivity index (χ0v) is 19.4. The second-order valence-electron chi connectivity index (χ2n) is 11.5. The molecule has 0 radical (unpaired) electrons. The smallest absolute Gasteiger partial charge is 0.224 e. The first-order valence-electron chi connectivity index (χ1n) is 13.4. The van der Waals surface area contributed by atoms with Crippen molar-refractivity contribution in [1.29, 1.82) is 0 Å². The van der Waals surface area contributed by atoms with Gasteiger partial charge in [0.05, 0.1) is 5.92 Å². The molecule has 3 saturated heterocycles. The first-order chi connectivity index (χ1) is 14.7. The highest BCUT2D eigenvalue weighted by Crippen LogP contribution is 2.48. The van der Waals surface area contributed by atoms with Gasteiger partial charge < -0.3 is 5.32 Å². The Morgan fingerprint density at radius 2 is 1.53 bits per heavy atom. The molecule has 6 fully saturated rings. The highest BCUT2D eigenvalue weighted by atomic mass is 16.2. The minimum atomic E-state index is 0.226. The molecule has 4 nitrogen and oxygen atoms in total. The van der Waals surface area contributed by atoms with Gasteiger partial charge in [-0.1, -0.05) is 32.1 Å². The van der Waals surface area contributed by atoms with Crippen molar-refractivity contribution >= 4 is 5.91 Å². The Morgan fingerprint density at radius 1 is 0.867 bits per heavy atom. The number of fused-ring (bicyclic) bond motifs is 3. The van der Waals surface area contributed by atoms with Crippen molar-refractivity contribution in [3.8, 4) is 0 Å². The van der Waals surface area contributed by atoms with E-state index in [2.05, 4.69) is 22.2 Å². The Balaban J connectivity index is 1.36. The van der Waals surface area contributed by atoms with Gasteiger partial charge in [0.1, 0.15) is 0 Å². The van der Waals surface area contributed by atoms with Crippen LogP contribution in [0.2, 0.25) is 0 Å². The van der Waals surface area contributed by atoms with Crippen LogP contribution >= 0.6 is 0 Å². The summed E-state index contributed by atoms with van der Waals surface area (Å²) in [6.07, 6.45) is 19.7. The van der Waals surface area contributed by atoms with Crippen LogP contribution in [0.25, 0.3) is 0 Å². The highest BCUT2D eigenvalue weighted by molar-refractivity contribution is 5.80. The van der Waals surface area contributed by atoms with Gasteiger partial charge in [-0.3, -0.25) is 14.6 Å². The van der Waals surface area contributed by atoms with Crippen molar-refractivity contribution in [3.63, 3.8) is 0 Å². The van der Waals surface area contributed by atoms with Crippen molar-refractivity contribution in [2.45, 2.75) is 114 Å². The number of amides is 1. The fourth-order valence-corrected chi connectivity index (χ4v) is 8.21. The molecule has 170 valence electrons. The molecule has 6 aliphatic rings. The van der Waals surface area contributed by atoms with E-state index in [0.717, 1.165) is 12.3 Å². The molecule has 0 aromatic heterocycles. The molecule has 3 aliphatic heterocycles. The Hall–Kier alpha value is -0.610. The van der Waals surface area contributed by atoms with E-state index in [1.54, 1.807) is 0 Å². The molecule has 1 N–H and O–H groups in total. The van der Waals surface area contributed by atoms with E-state index in [0.29, 0.717) is 23.9 Å². The Labute approximate surface area is 184 Å². The van der Waals surface area contributed by atoms with Crippen LogP contribution in [0.5, 0.6) is 0 Å². The number of nitrogens with zero attached hydrogens (tertiary/aromatic N) is 2. The number of hydrogen-bond donors (Lipinski definition) is 1. The van der Waals surface area contributed by atoms with Gasteiger partial charge in [-0.25, -0.2) is 0 Å². The second kappa shape index (κ2) is 9.10. The van der Waals surface area contributed by atoms with E-state index in [4.69, 9.17) is 0 Å². The zero-order chi connectivity index (χ0) is 20.6. The normalized spacial score (nSPS) is 39.8. The lowest BCUT2D eigenvalue weighted by Crippen LogP contribution is -2.69. The van der Waals surface area contributed by atoms with E-state index < -0.39 is 0 Å². The van der Waals surface area contributed by atoms with Crippen LogP contribution in [0.15, 0.2) is 0 Å². The van der Waals surface area contributed by atoms with Crippen LogP contribution in [0.1, 0.15) is 96.3 Å². The van der Waals surface area contributed by atoms with Gasteiger partial charge in [0, 0.05) is 24.2 Å². The monoisotopic (exact) mass is 415 g/mol. The van der Waals surface area contributed by atoms with Gasteiger partial charge in [-0.2, -0.15) is 0 Å². The quantitative estimate of drug-likeness (QED) is 0.714. The van der Waals surface area contributed by atoms with Gasteiger partial charge in [-0.15, -0.1) is 0 Å². The molecule has 0 aromatic rings. The molecule has 3 aliphatic carbocycles. The van der Waals surface area contributed by atoms with Crippen molar-refractivity contribution in [3.05, 3.63) is 0 Å². The molecular formula is C26H45N3O. The minimum absolute atomic E-state index is 0.226. The van der Waals surface area contributed by atoms with Crippen molar-refractivity contribution in [2.24, 2.45) is 17.8 Å². The van der Waals surface area contributed by atoms with E-state index in [9.17, 15) is 4.79 Å². The maximum Gasteiger partial charge on any atom is 0.224 e. The van der Waals surface area contributed by atoms with Crippen LogP contribution in [-0.2, 0) is 4.79 Å². The van der Waals surface area contributed by atoms with Gasteiger partial charge in [0.15, 0.2) is 0 Å². The maximum atomic E-state index is 13.9. The number of hydrogen-bond acceptors (Lipinski definition) is 3. The number of nitrogens with one attached hydrogen (secondary N) is 1. The predicted molar refractivity (Wildman–Crippen MR) is 122 cm³/mol. The molecule has 6 rings (SSSR count). The molecule has 2 bridgehead atoms. The summed E-state index contributed by atoms with van der Waals surface area (Å²) < 4.78 is 0. The lowest BCUT2D eigenvalue weighted by atomic mass is 9.62. The molecule has 1 amide bonds. The molecular weight excluding hydrogens is 370 g/mol. The Bertz CT molecular complexity index is 587. The van der Waals surface area contributed by atoms with Gasteiger partial charge in [0.2, 0.25) is 5.91 Å². The number of likely N-dealkylation sites (N-methyl/N-ethyl adjacent to an activating group) is 1. The molecule has 3 saturated carbocycles. The number of carbonyl (C=O) groups excluding carboxylic acids is 1. The van der Waals surface area contributed by atoms with Crippen LogP contribution in [0.3, 0.4) is 0 Å². The van der Waals surface area contributed by atoms with E-state index in [1.807, 2.05) is 0 Å². The number of piperidine rings is 2. The maximum absolute atomic E-state index is 13.9. The summed E-state index contributed by atoms with van der Waals surface area (Å²) in [5, 5.41) is 3.82. The summed E-state index contributed by atoms with van der Waals surface area (Å²) in [5.74, 6) is 2.23. The third kappa shape index (κ3) is 3.96. The molecule has 3 heterocycles. The fraction of sp³-hybridized carbons (Fsp3) is 0.962. The Kier molecular flexibility index (Phi) is 6.44. The van der Waals surface area contributed by atoms with Crippen LogP contribution in [0.4, 0.5) is 0 Å². The van der Waals surface area contributed by atoms with Gasteiger partial charge in [-0.05, 0) is 96.2 Å². The summed E-state index contributed by atoms with van der Waals surface area (Å²) >= 11 is 0. The van der Waals surface area contributed by atoms with Gasteiger partial charge in [0.25, 0.3) is 0 Å². The summed E-state index contributed by atoms with van der Waals surface area (Å²) in [6, 6.07) is 0.878. The van der Waals surface area contributed by atoms with Crippen LogP contribution in [0, 0.1) is 17.8 Å². The molecule has 4 heteroatoms. The molecule has 3 unspecified atom stereocenters. The molecule has 0 spiro atoms. The standard InChI is InChI=1S/C26H45N3O/c1-28-19-20-13-15-26(28,16-14-20)24(21-9-3-2-4-10-21)27-25(30)22-11-5-6-12-23(22)29-17-7-8-18-29/h20-24H,2-19H2,1H3,(H,27,30). The van der Waals surface area contributed by atoms with E-state index in [-0.39, 0.29) is 11.5 Å². The molecule has 30 heavy (non-hydrogen) atoms. The topological polar surface area (TPSA) is 35.6 Å². The first kappa shape index (κ1) is 21.2. The molecule has 3 atom stereocenters. The zero-order valence-electron chi connectivity index (χ0n) is 19.4. The second-order valence-corrected chi connectivity index (χ2v) is 11.5. The van der Waals surface area contributed by atoms with Gasteiger partial charge >= 0.3 is 0 Å². The van der Waals surface area contributed by atoms with E-state index in [1.165, 1.54) is 110 Å². The summed E-state index contributed by atoms with van der Waals surface area (Å²) in [7, 11) is 2.36. The number of likely N-dealkylation sites (tertiary alicyclic amines) is 1. The summed E-state index contributed by atoms with van der Waals surface area (Å²) in [4.78, 5) is 19.2. The average molecular weight is 416 g/mol. The number of carbonyl (C=O) groups is 1. The fourth-order valence-electron chi connectivity index (χ4n) is 8.21. The minimum Gasteiger partial charge on any atom is -0.351 e. The van der Waals surface area contributed by atoms with Crippen molar-refractivity contribution < 1.29 is 4.79 Å². The predicted octanol–water partition coefficient (Wildman–Crippen LogP) is 4.58. The van der Waals surface area contributed by atoms with Crippen molar-refractivity contribution in [1.82, 2.24) is 15.1 Å². The molecule has 0 aromatic carbocycles. The largest absolute Gasteiger partial charge is 0.351 e. The van der Waals surface area contributed by atoms with Crippen LogP contribution < -0.4 is 5.32 Å². The summed E-state index contributed by atoms with van der Waals surface area (Å²) in [6.45, 7) is 3.68.